The maximum atomic E-state index is 12.7. The van der Waals surface area contributed by atoms with Gasteiger partial charge >= 0.3 is 0 Å². The number of thiophene rings is 1. The predicted octanol–water partition coefficient (Wildman–Crippen LogP) is 3.04. The van der Waals surface area contributed by atoms with Crippen molar-refractivity contribution in [3.05, 3.63) is 63.4 Å². The average Bonchev–Trinajstić information content (AvgIpc) is 3.21. The SMILES string of the molecule is Cc1ccc(C(O)=C2C(=O)C(=O)N(CCN(C)C)[C@@H]2c2cccs2)cc1. The number of nitrogens with zero attached hydrogens (tertiary/aromatic N) is 2. The molecule has 2 heterocycles. The number of amides is 1. The summed E-state index contributed by atoms with van der Waals surface area (Å²) in [7, 11) is 3.84. The van der Waals surface area contributed by atoms with Gasteiger partial charge in [-0.3, -0.25) is 9.59 Å². The molecule has 26 heavy (non-hydrogen) atoms. The van der Waals surface area contributed by atoms with Crippen molar-refractivity contribution >= 4 is 28.8 Å². The third kappa shape index (κ3) is 3.43. The van der Waals surface area contributed by atoms with Crippen LogP contribution in [0.2, 0.25) is 0 Å². The lowest BCUT2D eigenvalue weighted by atomic mass is 9.99. The van der Waals surface area contributed by atoms with Crippen LogP contribution in [-0.4, -0.2) is 53.8 Å². The molecule has 1 atom stereocenters. The minimum absolute atomic E-state index is 0.117. The van der Waals surface area contributed by atoms with Gasteiger partial charge in [0.15, 0.2) is 0 Å². The number of carbonyl (C=O) groups excluding carboxylic acids is 2. The van der Waals surface area contributed by atoms with Crippen LogP contribution >= 0.6 is 11.3 Å². The molecule has 6 heteroatoms. The first-order chi connectivity index (χ1) is 12.4. The van der Waals surface area contributed by atoms with Crippen molar-refractivity contribution in [2.75, 3.05) is 27.2 Å². The van der Waals surface area contributed by atoms with Crippen LogP contribution in [0.15, 0.2) is 47.4 Å². The van der Waals surface area contributed by atoms with Gasteiger partial charge in [-0.2, -0.15) is 0 Å². The largest absolute Gasteiger partial charge is 0.507 e. The molecule has 0 radical (unpaired) electrons. The number of Topliss-reactive ketones (excluding diaryl/α,β-unsaturated/α-hetero) is 1. The third-order valence-corrected chi connectivity index (χ3v) is 5.39. The highest BCUT2D eigenvalue weighted by atomic mass is 32.1. The minimum Gasteiger partial charge on any atom is -0.507 e. The van der Waals surface area contributed by atoms with E-state index in [1.165, 1.54) is 11.3 Å². The molecule has 1 aromatic carbocycles. The molecule has 0 saturated carbocycles. The molecule has 1 saturated heterocycles. The number of benzene rings is 1. The lowest BCUT2D eigenvalue weighted by Crippen LogP contribution is -2.35. The number of aryl methyl sites for hydroxylation is 1. The second-order valence-corrected chi connectivity index (χ2v) is 7.66. The summed E-state index contributed by atoms with van der Waals surface area (Å²) in [6.45, 7) is 3.01. The van der Waals surface area contributed by atoms with Crippen LogP contribution in [0.5, 0.6) is 0 Å². The molecule has 0 aliphatic carbocycles. The van der Waals surface area contributed by atoms with Crippen molar-refractivity contribution in [2.45, 2.75) is 13.0 Å². The fraction of sp³-hybridized carbons (Fsp3) is 0.300. The number of hydrogen-bond acceptors (Lipinski definition) is 5. The fourth-order valence-electron chi connectivity index (χ4n) is 3.03. The number of carbonyl (C=O) groups is 2. The molecule has 136 valence electrons. The molecule has 1 fully saturated rings. The number of aliphatic hydroxyl groups excluding tert-OH is 1. The van der Waals surface area contributed by atoms with Crippen LogP contribution < -0.4 is 0 Å². The van der Waals surface area contributed by atoms with Crippen molar-refractivity contribution in [1.29, 1.82) is 0 Å². The zero-order valence-electron chi connectivity index (χ0n) is 15.1. The highest BCUT2D eigenvalue weighted by Crippen LogP contribution is 2.40. The maximum Gasteiger partial charge on any atom is 0.295 e. The summed E-state index contributed by atoms with van der Waals surface area (Å²) in [6, 6.07) is 10.5. The summed E-state index contributed by atoms with van der Waals surface area (Å²) in [4.78, 5) is 29.8. The van der Waals surface area contributed by atoms with Crippen molar-refractivity contribution in [3.63, 3.8) is 0 Å². The van der Waals surface area contributed by atoms with E-state index < -0.39 is 17.7 Å². The monoisotopic (exact) mass is 370 g/mol. The quantitative estimate of drug-likeness (QED) is 0.499. The van der Waals surface area contributed by atoms with Gasteiger partial charge in [-0.1, -0.05) is 35.9 Å². The second-order valence-electron chi connectivity index (χ2n) is 6.68. The van der Waals surface area contributed by atoms with Crippen LogP contribution in [0, 0.1) is 6.92 Å². The highest BCUT2D eigenvalue weighted by Gasteiger charge is 2.46. The van der Waals surface area contributed by atoms with Crippen LogP contribution in [0.25, 0.3) is 5.76 Å². The Bertz CT molecular complexity index is 838. The molecule has 0 unspecified atom stereocenters. The van der Waals surface area contributed by atoms with Gasteiger partial charge in [-0.15, -0.1) is 11.3 Å². The van der Waals surface area contributed by atoms with Crippen LogP contribution in [0.1, 0.15) is 22.0 Å². The van der Waals surface area contributed by atoms with E-state index >= 15 is 0 Å². The van der Waals surface area contributed by atoms with E-state index in [4.69, 9.17) is 0 Å². The van der Waals surface area contributed by atoms with E-state index in [1.807, 2.05) is 55.6 Å². The van der Waals surface area contributed by atoms with Crippen molar-refractivity contribution in [3.8, 4) is 0 Å². The van der Waals surface area contributed by atoms with E-state index in [-0.39, 0.29) is 11.3 Å². The molecular weight excluding hydrogens is 348 g/mol. The fourth-order valence-corrected chi connectivity index (χ4v) is 3.87. The van der Waals surface area contributed by atoms with Gasteiger partial charge < -0.3 is 14.9 Å². The van der Waals surface area contributed by atoms with E-state index in [9.17, 15) is 14.7 Å². The Hall–Kier alpha value is -2.44. The van der Waals surface area contributed by atoms with Crippen LogP contribution in [0.3, 0.4) is 0 Å². The second kappa shape index (κ2) is 7.43. The van der Waals surface area contributed by atoms with Crippen LogP contribution in [-0.2, 0) is 9.59 Å². The average molecular weight is 370 g/mol. The Morgan fingerprint density at radius 2 is 1.88 bits per heavy atom. The molecule has 0 bridgehead atoms. The molecular formula is C20H22N2O3S. The molecule has 3 rings (SSSR count). The van der Waals surface area contributed by atoms with Crippen molar-refractivity contribution in [1.82, 2.24) is 9.80 Å². The van der Waals surface area contributed by atoms with Gasteiger partial charge in [-0.25, -0.2) is 0 Å². The highest BCUT2D eigenvalue weighted by molar-refractivity contribution is 7.10. The Labute approximate surface area is 157 Å². The number of likely N-dealkylation sites (N-methyl/N-ethyl adjacent to an activating group) is 1. The molecule has 5 nitrogen and oxygen atoms in total. The normalized spacial score (nSPS) is 19.5. The van der Waals surface area contributed by atoms with Gasteiger partial charge in [0, 0.05) is 23.5 Å². The predicted molar refractivity (Wildman–Crippen MR) is 103 cm³/mol. The molecule has 1 aromatic heterocycles. The molecule has 1 aliphatic heterocycles. The summed E-state index contributed by atoms with van der Waals surface area (Å²) in [5.41, 5.74) is 1.77. The van der Waals surface area contributed by atoms with Crippen LogP contribution in [0.4, 0.5) is 0 Å². The molecule has 2 aromatic rings. The lowest BCUT2D eigenvalue weighted by Gasteiger charge is -2.25. The first-order valence-electron chi connectivity index (χ1n) is 8.43. The molecule has 1 N–H and O–H groups in total. The first-order valence-corrected chi connectivity index (χ1v) is 9.31. The summed E-state index contributed by atoms with van der Waals surface area (Å²) in [5, 5.41) is 12.7. The summed E-state index contributed by atoms with van der Waals surface area (Å²) in [5.74, 6) is -1.30. The number of likely N-dealkylation sites (tertiary alicyclic amines) is 1. The number of rotatable bonds is 5. The van der Waals surface area contributed by atoms with E-state index in [0.717, 1.165) is 10.4 Å². The van der Waals surface area contributed by atoms with Gasteiger partial charge in [0.1, 0.15) is 5.76 Å². The Morgan fingerprint density at radius 1 is 1.19 bits per heavy atom. The van der Waals surface area contributed by atoms with Gasteiger partial charge in [-0.05, 0) is 32.5 Å². The first kappa shape index (κ1) is 18.4. The van der Waals surface area contributed by atoms with Crippen molar-refractivity contribution < 1.29 is 14.7 Å². The van der Waals surface area contributed by atoms with E-state index in [1.54, 1.807) is 17.0 Å². The Balaban J connectivity index is 2.09. The molecule has 1 aliphatic rings. The maximum absolute atomic E-state index is 12.7. The van der Waals surface area contributed by atoms with Gasteiger partial charge in [0.05, 0.1) is 11.6 Å². The Kier molecular flexibility index (Phi) is 5.25. The number of ketones is 1. The summed E-state index contributed by atoms with van der Waals surface area (Å²) < 4.78 is 0. The smallest absolute Gasteiger partial charge is 0.295 e. The zero-order chi connectivity index (χ0) is 18.8. The molecule has 0 spiro atoms. The van der Waals surface area contributed by atoms with Gasteiger partial charge in [0.2, 0.25) is 0 Å². The standard InChI is InChI=1S/C20H22N2O3S/c1-13-6-8-14(9-7-13)18(23)16-17(15-5-4-12-26-15)22(11-10-21(2)3)20(25)19(16)24/h4-9,12,17,23H,10-11H2,1-3H3/t17-/m1/s1. The van der Waals surface area contributed by atoms with Gasteiger partial charge in [0.25, 0.3) is 11.7 Å². The minimum atomic E-state index is -0.625. The third-order valence-electron chi connectivity index (χ3n) is 4.47. The summed E-state index contributed by atoms with van der Waals surface area (Å²) >= 11 is 1.48. The topological polar surface area (TPSA) is 60.9 Å². The summed E-state index contributed by atoms with van der Waals surface area (Å²) in [6.07, 6.45) is 0. The Morgan fingerprint density at radius 3 is 2.46 bits per heavy atom. The zero-order valence-corrected chi connectivity index (χ0v) is 15.9. The van der Waals surface area contributed by atoms with E-state index in [0.29, 0.717) is 18.7 Å². The molecule has 1 amide bonds. The number of hydrogen-bond donors (Lipinski definition) is 1. The van der Waals surface area contributed by atoms with E-state index in [2.05, 4.69) is 0 Å². The lowest BCUT2D eigenvalue weighted by molar-refractivity contribution is -0.140. The van der Waals surface area contributed by atoms with Crippen molar-refractivity contribution in [2.24, 2.45) is 0 Å². The number of aliphatic hydroxyl groups is 1.